The maximum Gasteiger partial charge on any atom is 0.303 e. The number of ether oxygens (including phenoxy) is 1. The molecule has 0 atom stereocenters. The minimum absolute atomic E-state index is 0.0386. The van der Waals surface area contributed by atoms with Crippen LogP contribution in [0.25, 0.3) is 0 Å². The molecule has 0 aromatic heterocycles. The highest BCUT2D eigenvalue weighted by molar-refractivity contribution is 7.91. The minimum Gasteiger partial charge on any atom is -0.481 e. The van der Waals surface area contributed by atoms with Gasteiger partial charge in [-0.05, 0) is 30.5 Å². The first kappa shape index (κ1) is 16.7. The van der Waals surface area contributed by atoms with Gasteiger partial charge in [0.2, 0.25) is 0 Å². The standard InChI is InChI=1S/C14H20O5S/c1-2-9-19-10-11-20(17,18)13-6-3-12(4-7-13)5-8-14(15)16/h3-4,6-7H,2,5,8-11H2,1H3,(H,15,16). The molecule has 5 nitrogen and oxygen atoms in total. The Morgan fingerprint density at radius 3 is 2.40 bits per heavy atom. The highest BCUT2D eigenvalue weighted by Crippen LogP contribution is 2.13. The van der Waals surface area contributed by atoms with Crippen molar-refractivity contribution in [3.05, 3.63) is 29.8 Å². The van der Waals surface area contributed by atoms with Gasteiger partial charge in [0.25, 0.3) is 0 Å². The van der Waals surface area contributed by atoms with Gasteiger partial charge in [-0.2, -0.15) is 0 Å². The smallest absolute Gasteiger partial charge is 0.303 e. The summed E-state index contributed by atoms with van der Waals surface area (Å²) in [4.78, 5) is 10.7. The van der Waals surface area contributed by atoms with Crippen LogP contribution in [0.3, 0.4) is 0 Å². The predicted molar refractivity (Wildman–Crippen MR) is 75.6 cm³/mol. The lowest BCUT2D eigenvalue weighted by molar-refractivity contribution is -0.136. The third-order valence-electron chi connectivity index (χ3n) is 2.75. The molecule has 0 aliphatic rings. The van der Waals surface area contributed by atoms with Crippen LogP contribution < -0.4 is 0 Å². The van der Waals surface area contributed by atoms with Crippen LogP contribution >= 0.6 is 0 Å². The van der Waals surface area contributed by atoms with Crippen LogP contribution in [0.4, 0.5) is 0 Å². The van der Waals surface area contributed by atoms with Crippen LogP contribution in [-0.4, -0.2) is 38.5 Å². The summed E-state index contributed by atoms with van der Waals surface area (Å²) in [5.41, 5.74) is 0.814. The van der Waals surface area contributed by atoms with Crippen molar-refractivity contribution in [2.75, 3.05) is 19.0 Å². The second-order valence-corrected chi connectivity index (χ2v) is 6.58. The topological polar surface area (TPSA) is 80.7 Å². The third kappa shape index (κ3) is 5.71. The molecule has 0 bridgehead atoms. The van der Waals surface area contributed by atoms with Gasteiger partial charge in [-0.1, -0.05) is 19.1 Å². The van der Waals surface area contributed by atoms with Gasteiger partial charge in [-0.15, -0.1) is 0 Å². The van der Waals surface area contributed by atoms with E-state index in [2.05, 4.69) is 0 Å². The van der Waals surface area contributed by atoms with Crippen molar-refractivity contribution in [3.63, 3.8) is 0 Å². The zero-order valence-corrected chi connectivity index (χ0v) is 12.4. The molecule has 0 radical (unpaired) electrons. The molecule has 1 rings (SSSR count). The van der Waals surface area contributed by atoms with Crippen molar-refractivity contribution in [2.24, 2.45) is 0 Å². The maximum absolute atomic E-state index is 12.0. The van der Waals surface area contributed by atoms with Crippen LogP contribution in [0.1, 0.15) is 25.3 Å². The second kappa shape index (κ2) is 8.01. The molecule has 112 valence electrons. The fourth-order valence-electron chi connectivity index (χ4n) is 1.65. The molecular weight excluding hydrogens is 280 g/mol. The molecule has 0 fully saturated rings. The van der Waals surface area contributed by atoms with Gasteiger partial charge < -0.3 is 9.84 Å². The second-order valence-electron chi connectivity index (χ2n) is 4.47. The minimum atomic E-state index is -3.33. The molecule has 1 aromatic rings. The van der Waals surface area contributed by atoms with Gasteiger partial charge in [0.05, 0.1) is 17.3 Å². The molecule has 0 aliphatic heterocycles. The molecule has 1 aromatic carbocycles. The normalized spacial score (nSPS) is 11.4. The van der Waals surface area contributed by atoms with Gasteiger partial charge in [-0.3, -0.25) is 4.79 Å². The van der Waals surface area contributed by atoms with Crippen molar-refractivity contribution in [1.29, 1.82) is 0 Å². The average molecular weight is 300 g/mol. The summed E-state index contributed by atoms with van der Waals surface area (Å²) >= 11 is 0. The summed E-state index contributed by atoms with van der Waals surface area (Å²) in [6.45, 7) is 2.71. The van der Waals surface area contributed by atoms with Crippen molar-refractivity contribution < 1.29 is 23.1 Å². The number of aliphatic carboxylic acids is 1. The summed E-state index contributed by atoms with van der Waals surface area (Å²) in [6, 6.07) is 6.35. The highest BCUT2D eigenvalue weighted by Gasteiger charge is 2.14. The number of hydrogen-bond acceptors (Lipinski definition) is 4. The van der Waals surface area contributed by atoms with E-state index in [1.54, 1.807) is 12.1 Å². The zero-order chi connectivity index (χ0) is 15.0. The Bertz CT molecular complexity index is 519. The summed E-state index contributed by atoms with van der Waals surface area (Å²) in [7, 11) is -3.33. The molecular formula is C14H20O5S. The van der Waals surface area contributed by atoms with Gasteiger partial charge in [-0.25, -0.2) is 8.42 Å². The number of carbonyl (C=O) groups is 1. The van der Waals surface area contributed by atoms with Crippen LogP contribution in [0.2, 0.25) is 0 Å². The van der Waals surface area contributed by atoms with Gasteiger partial charge >= 0.3 is 5.97 Å². The number of hydrogen-bond donors (Lipinski definition) is 1. The largest absolute Gasteiger partial charge is 0.481 e. The molecule has 1 N–H and O–H groups in total. The Kier molecular flexibility index (Phi) is 6.67. The SMILES string of the molecule is CCCOCCS(=O)(=O)c1ccc(CCC(=O)O)cc1. The summed E-state index contributed by atoms with van der Waals surface area (Å²) in [6.07, 6.45) is 1.30. The van der Waals surface area contributed by atoms with Crippen molar-refractivity contribution in [3.8, 4) is 0 Å². The first-order valence-corrected chi connectivity index (χ1v) is 8.22. The molecule has 0 saturated heterocycles. The molecule has 0 spiro atoms. The van der Waals surface area contributed by atoms with E-state index in [1.165, 1.54) is 12.1 Å². The van der Waals surface area contributed by atoms with E-state index >= 15 is 0 Å². The summed E-state index contributed by atoms with van der Waals surface area (Å²) in [5.74, 6) is -0.906. The van der Waals surface area contributed by atoms with Gasteiger partial charge in [0.15, 0.2) is 9.84 Å². The van der Waals surface area contributed by atoms with E-state index in [-0.39, 0.29) is 23.7 Å². The number of carboxylic acid groups (broad SMARTS) is 1. The Morgan fingerprint density at radius 2 is 1.85 bits per heavy atom. The van der Waals surface area contributed by atoms with Gasteiger partial charge in [0, 0.05) is 13.0 Å². The first-order chi connectivity index (χ1) is 9.45. The van der Waals surface area contributed by atoms with Crippen molar-refractivity contribution >= 4 is 15.8 Å². The summed E-state index contributed by atoms with van der Waals surface area (Å²) in [5, 5.41) is 8.59. The fraction of sp³-hybridized carbons (Fsp3) is 0.500. The first-order valence-electron chi connectivity index (χ1n) is 6.57. The van der Waals surface area contributed by atoms with Crippen LogP contribution in [0, 0.1) is 0 Å². The molecule has 6 heteroatoms. The van der Waals surface area contributed by atoms with Crippen LogP contribution in [0.15, 0.2) is 29.2 Å². The third-order valence-corrected chi connectivity index (χ3v) is 4.45. The maximum atomic E-state index is 12.0. The van der Waals surface area contributed by atoms with E-state index in [4.69, 9.17) is 9.84 Å². The monoisotopic (exact) mass is 300 g/mol. The number of rotatable bonds is 9. The lowest BCUT2D eigenvalue weighted by Crippen LogP contribution is -2.13. The quantitative estimate of drug-likeness (QED) is 0.705. The molecule has 20 heavy (non-hydrogen) atoms. The number of carboxylic acids is 1. The van der Waals surface area contributed by atoms with Crippen molar-refractivity contribution in [2.45, 2.75) is 31.1 Å². The Labute approximate surface area is 119 Å². The van der Waals surface area contributed by atoms with E-state index in [0.717, 1.165) is 12.0 Å². The van der Waals surface area contributed by atoms with E-state index < -0.39 is 15.8 Å². The number of aryl methyl sites for hydroxylation is 1. The van der Waals surface area contributed by atoms with E-state index in [0.29, 0.717) is 13.0 Å². The van der Waals surface area contributed by atoms with Crippen LogP contribution in [0.5, 0.6) is 0 Å². The fourth-order valence-corrected chi connectivity index (χ4v) is 2.77. The Hall–Kier alpha value is -1.40. The predicted octanol–water partition coefficient (Wildman–Crippen LogP) is 1.90. The summed E-state index contributed by atoms with van der Waals surface area (Å²) < 4.78 is 29.2. The molecule has 0 amide bonds. The zero-order valence-electron chi connectivity index (χ0n) is 11.5. The lowest BCUT2D eigenvalue weighted by atomic mass is 10.1. The Morgan fingerprint density at radius 1 is 1.20 bits per heavy atom. The van der Waals surface area contributed by atoms with E-state index in [1.807, 2.05) is 6.92 Å². The highest BCUT2D eigenvalue weighted by atomic mass is 32.2. The number of sulfone groups is 1. The molecule has 0 unspecified atom stereocenters. The van der Waals surface area contributed by atoms with Gasteiger partial charge in [0.1, 0.15) is 0 Å². The lowest BCUT2D eigenvalue weighted by Gasteiger charge is -2.06. The van der Waals surface area contributed by atoms with E-state index in [9.17, 15) is 13.2 Å². The average Bonchev–Trinajstić information content (AvgIpc) is 2.42. The number of benzene rings is 1. The van der Waals surface area contributed by atoms with Crippen LogP contribution in [-0.2, 0) is 25.8 Å². The Balaban J connectivity index is 2.60. The molecule has 0 aliphatic carbocycles. The van der Waals surface area contributed by atoms with Crippen molar-refractivity contribution in [1.82, 2.24) is 0 Å². The molecule has 0 heterocycles. The molecule has 0 saturated carbocycles.